The van der Waals surface area contributed by atoms with Gasteiger partial charge in [-0.25, -0.2) is 0 Å². The molecule has 1 aromatic rings. The third-order valence-corrected chi connectivity index (χ3v) is 6.30. The third-order valence-electron chi connectivity index (χ3n) is 6.30. The average molecular weight is 356 g/mol. The minimum absolute atomic E-state index is 0.201. The molecule has 3 atom stereocenters. The molecule has 140 valence electrons. The van der Waals surface area contributed by atoms with E-state index in [4.69, 9.17) is 4.74 Å². The van der Waals surface area contributed by atoms with Crippen LogP contribution in [-0.4, -0.2) is 31.6 Å². The number of ether oxygens (including phenoxy) is 1. The molecule has 3 fully saturated rings. The lowest BCUT2D eigenvalue weighted by Crippen LogP contribution is -2.23. The van der Waals surface area contributed by atoms with Crippen molar-refractivity contribution in [2.45, 2.75) is 44.9 Å². The van der Waals surface area contributed by atoms with Gasteiger partial charge >= 0.3 is 5.97 Å². The summed E-state index contributed by atoms with van der Waals surface area (Å²) in [5.41, 5.74) is 1.93. The Labute approximate surface area is 155 Å². The topological polar surface area (TPSA) is 58.6 Å². The number of hydrogen-bond acceptors (Lipinski definition) is 4. The maximum atomic E-state index is 12.0. The Morgan fingerprint density at radius 2 is 1.85 bits per heavy atom. The molecule has 1 heterocycles. The van der Waals surface area contributed by atoms with E-state index in [-0.39, 0.29) is 18.5 Å². The van der Waals surface area contributed by atoms with E-state index < -0.39 is 0 Å². The third kappa shape index (κ3) is 4.02. The fourth-order valence-electron chi connectivity index (χ4n) is 4.97. The fourth-order valence-corrected chi connectivity index (χ4v) is 4.97. The molecule has 1 N–H and O–H groups in total. The quantitative estimate of drug-likeness (QED) is 0.791. The number of anilines is 2. The number of nitrogens with zero attached hydrogens (tertiary/aromatic N) is 1. The van der Waals surface area contributed by atoms with Crippen LogP contribution in [0.5, 0.6) is 0 Å². The lowest BCUT2D eigenvalue weighted by atomic mass is 9.86. The first-order valence-corrected chi connectivity index (χ1v) is 9.98. The summed E-state index contributed by atoms with van der Waals surface area (Å²) in [5.74, 6) is 1.49. The first kappa shape index (κ1) is 17.4. The summed E-state index contributed by atoms with van der Waals surface area (Å²) in [6.07, 6.45) is 7.99. The van der Waals surface area contributed by atoms with E-state index in [1.807, 2.05) is 24.3 Å². The summed E-state index contributed by atoms with van der Waals surface area (Å²) in [5, 5.41) is 2.80. The zero-order chi connectivity index (χ0) is 17.9. The molecule has 2 aliphatic carbocycles. The number of hydrogen-bond donors (Lipinski definition) is 1. The van der Waals surface area contributed by atoms with Crippen molar-refractivity contribution in [1.82, 2.24) is 0 Å². The van der Waals surface area contributed by atoms with E-state index in [1.165, 1.54) is 37.8 Å². The number of nitrogens with one attached hydrogen (secondary N) is 1. The predicted molar refractivity (Wildman–Crippen MR) is 101 cm³/mol. The number of carbonyl (C=O) groups excluding carboxylic acids is 2. The summed E-state index contributed by atoms with van der Waals surface area (Å²) in [4.78, 5) is 26.4. The highest BCUT2D eigenvalue weighted by molar-refractivity contribution is 5.92. The van der Waals surface area contributed by atoms with Crippen LogP contribution in [0, 0.1) is 17.8 Å². The second-order valence-electron chi connectivity index (χ2n) is 8.09. The molecule has 1 aliphatic heterocycles. The molecular formula is C21H28N2O3. The maximum Gasteiger partial charge on any atom is 0.306 e. The van der Waals surface area contributed by atoms with Crippen molar-refractivity contribution in [3.8, 4) is 0 Å². The van der Waals surface area contributed by atoms with Crippen molar-refractivity contribution < 1.29 is 14.3 Å². The van der Waals surface area contributed by atoms with E-state index >= 15 is 0 Å². The van der Waals surface area contributed by atoms with Gasteiger partial charge < -0.3 is 15.0 Å². The molecule has 2 saturated carbocycles. The van der Waals surface area contributed by atoms with Crippen molar-refractivity contribution in [3.05, 3.63) is 24.3 Å². The van der Waals surface area contributed by atoms with Gasteiger partial charge in [0.25, 0.3) is 5.91 Å². The second-order valence-corrected chi connectivity index (χ2v) is 8.09. The molecule has 5 nitrogen and oxygen atoms in total. The Balaban J connectivity index is 1.19. The molecule has 1 aromatic carbocycles. The van der Waals surface area contributed by atoms with Crippen LogP contribution in [0.15, 0.2) is 24.3 Å². The van der Waals surface area contributed by atoms with Gasteiger partial charge in [0.05, 0.1) is 0 Å². The number of esters is 1. The zero-order valence-electron chi connectivity index (χ0n) is 15.3. The highest BCUT2D eigenvalue weighted by Crippen LogP contribution is 2.49. The largest absolute Gasteiger partial charge is 0.456 e. The van der Waals surface area contributed by atoms with E-state index in [0.717, 1.165) is 31.1 Å². The van der Waals surface area contributed by atoms with Crippen molar-refractivity contribution in [3.63, 3.8) is 0 Å². The Morgan fingerprint density at radius 3 is 2.50 bits per heavy atom. The molecule has 3 unspecified atom stereocenters. The molecule has 4 rings (SSSR count). The monoisotopic (exact) mass is 356 g/mol. The second kappa shape index (κ2) is 7.68. The van der Waals surface area contributed by atoms with Gasteiger partial charge in [-0.3, -0.25) is 9.59 Å². The summed E-state index contributed by atoms with van der Waals surface area (Å²) < 4.78 is 5.19. The van der Waals surface area contributed by atoms with Gasteiger partial charge in [0.1, 0.15) is 0 Å². The van der Waals surface area contributed by atoms with Gasteiger partial charge in [0.15, 0.2) is 6.61 Å². The van der Waals surface area contributed by atoms with E-state index in [0.29, 0.717) is 18.3 Å². The van der Waals surface area contributed by atoms with Crippen LogP contribution in [0.3, 0.4) is 0 Å². The normalized spacial score (nSPS) is 26.9. The molecule has 5 heteroatoms. The van der Waals surface area contributed by atoms with E-state index in [9.17, 15) is 9.59 Å². The van der Waals surface area contributed by atoms with Crippen LogP contribution in [0.25, 0.3) is 0 Å². The highest BCUT2D eigenvalue weighted by atomic mass is 16.5. The number of rotatable bonds is 6. The number of benzene rings is 1. The molecule has 2 bridgehead atoms. The molecule has 1 amide bonds. The van der Waals surface area contributed by atoms with Crippen molar-refractivity contribution in [1.29, 1.82) is 0 Å². The Kier molecular flexibility index (Phi) is 5.14. The minimum Gasteiger partial charge on any atom is -0.456 e. The number of amides is 1. The maximum absolute atomic E-state index is 12.0. The number of fused-ring (bicyclic) bond motifs is 2. The summed E-state index contributed by atoms with van der Waals surface area (Å²) in [6, 6.07) is 7.87. The first-order chi connectivity index (χ1) is 12.7. The smallest absolute Gasteiger partial charge is 0.306 e. The van der Waals surface area contributed by atoms with Gasteiger partial charge in [-0.05, 0) is 74.1 Å². The molecule has 0 radical (unpaired) electrons. The standard InChI is InChI=1S/C21H28N2O3/c24-20(14-26-21(25)13-17-12-15-3-4-16(17)11-15)22-18-5-7-19(8-6-18)23-9-1-2-10-23/h5-8,15-17H,1-4,9-14H2,(H,22,24). The Morgan fingerprint density at radius 1 is 1.08 bits per heavy atom. The molecule has 26 heavy (non-hydrogen) atoms. The van der Waals surface area contributed by atoms with Crippen LogP contribution in [0.2, 0.25) is 0 Å². The van der Waals surface area contributed by atoms with Crippen LogP contribution >= 0.6 is 0 Å². The van der Waals surface area contributed by atoms with Crippen LogP contribution in [0.4, 0.5) is 11.4 Å². The fraction of sp³-hybridized carbons (Fsp3) is 0.619. The van der Waals surface area contributed by atoms with Crippen molar-refractivity contribution in [2.24, 2.45) is 17.8 Å². The lowest BCUT2D eigenvalue weighted by Gasteiger charge is -2.20. The van der Waals surface area contributed by atoms with Crippen molar-refractivity contribution >= 4 is 23.3 Å². The van der Waals surface area contributed by atoms with E-state index in [1.54, 1.807) is 0 Å². The molecule has 0 aromatic heterocycles. The minimum atomic E-state index is -0.278. The van der Waals surface area contributed by atoms with Crippen LogP contribution < -0.4 is 10.2 Å². The lowest BCUT2D eigenvalue weighted by molar-refractivity contribution is -0.148. The molecule has 0 spiro atoms. The van der Waals surface area contributed by atoms with Crippen molar-refractivity contribution in [2.75, 3.05) is 29.9 Å². The summed E-state index contributed by atoms with van der Waals surface area (Å²) in [6.45, 7) is 2.00. The van der Waals surface area contributed by atoms with E-state index in [2.05, 4.69) is 10.2 Å². The summed E-state index contributed by atoms with van der Waals surface area (Å²) >= 11 is 0. The molecule has 1 saturated heterocycles. The Hall–Kier alpha value is -2.04. The molecular weight excluding hydrogens is 328 g/mol. The average Bonchev–Trinajstić information content (AvgIpc) is 3.39. The highest BCUT2D eigenvalue weighted by Gasteiger charge is 2.40. The first-order valence-electron chi connectivity index (χ1n) is 9.98. The van der Waals surface area contributed by atoms with Gasteiger partial charge in [-0.15, -0.1) is 0 Å². The Bertz CT molecular complexity index is 652. The predicted octanol–water partition coefficient (Wildman–Crippen LogP) is 3.59. The van der Waals surface area contributed by atoms with Gasteiger partial charge in [0.2, 0.25) is 0 Å². The molecule has 3 aliphatic rings. The number of carbonyl (C=O) groups is 2. The van der Waals surface area contributed by atoms with Crippen LogP contribution in [0.1, 0.15) is 44.9 Å². The summed E-state index contributed by atoms with van der Waals surface area (Å²) in [7, 11) is 0. The SMILES string of the molecule is O=C(COC(=O)CC1CC2CCC1C2)Nc1ccc(N2CCCC2)cc1. The van der Waals surface area contributed by atoms with Gasteiger partial charge in [-0.1, -0.05) is 6.42 Å². The van der Waals surface area contributed by atoms with Gasteiger partial charge in [-0.2, -0.15) is 0 Å². The zero-order valence-corrected chi connectivity index (χ0v) is 15.3. The van der Waals surface area contributed by atoms with Crippen LogP contribution in [-0.2, 0) is 14.3 Å². The van der Waals surface area contributed by atoms with Gasteiger partial charge in [0, 0.05) is 30.9 Å².